The number of epoxide rings is 1. The fourth-order valence-corrected chi connectivity index (χ4v) is 6.54. The van der Waals surface area contributed by atoms with Gasteiger partial charge in [-0.2, -0.15) is 0 Å². The second-order valence-corrected chi connectivity index (χ2v) is 8.95. The van der Waals surface area contributed by atoms with Crippen LogP contribution in [0.2, 0.25) is 0 Å². The number of carbonyl (C=O) groups excluding carboxylic acids is 2. The molecular weight excluding hydrogens is 344 g/mol. The maximum Gasteiger partial charge on any atom is 0.308 e. The summed E-state index contributed by atoms with van der Waals surface area (Å²) in [7, 11) is 0. The third kappa shape index (κ3) is 2.33. The Morgan fingerprint density at radius 1 is 1.11 bits per heavy atom. The van der Waals surface area contributed by atoms with Gasteiger partial charge in [-0.05, 0) is 67.2 Å². The zero-order valence-corrected chi connectivity index (χ0v) is 16.1. The summed E-state index contributed by atoms with van der Waals surface area (Å²) in [5.74, 6) is 1.13. The molecule has 0 aromatic heterocycles. The number of aryl methyl sites for hydroxylation is 1. The van der Waals surface area contributed by atoms with Crippen molar-refractivity contribution in [3.05, 3.63) is 29.3 Å². The van der Waals surface area contributed by atoms with E-state index in [2.05, 4.69) is 13.0 Å². The lowest BCUT2D eigenvalue weighted by Crippen LogP contribution is -2.49. The predicted octanol–water partition coefficient (Wildman–Crippen LogP) is 3.52. The van der Waals surface area contributed by atoms with Crippen molar-refractivity contribution in [1.29, 1.82) is 0 Å². The largest absolute Gasteiger partial charge is 0.462 e. The van der Waals surface area contributed by atoms with E-state index in [1.807, 2.05) is 12.1 Å². The standard InChI is InChI=1S/C22H26O5/c1-12(23)25-15-5-7-16-14(10-15)4-6-18-17-8-9-19(26-13(2)24)21(17,3)11-20-22(16,18)27-20/h5,7,10,17-20H,4,6,8-9,11H2,1-3H3/t17?,18?,19?,20-,21?,22-/m1/s1. The van der Waals surface area contributed by atoms with Crippen molar-refractivity contribution >= 4 is 11.9 Å². The van der Waals surface area contributed by atoms with Crippen LogP contribution < -0.4 is 4.74 Å². The quantitative estimate of drug-likeness (QED) is 0.453. The van der Waals surface area contributed by atoms with Gasteiger partial charge in [0.15, 0.2) is 0 Å². The minimum atomic E-state index is -0.293. The molecule has 1 aliphatic heterocycles. The van der Waals surface area contributed by atoms with E-state index in [1.165, 1.54) is 25.0 Å². The summed E-state index contributed by atoms with van der Waals surface area (Å²) in [5.41, 5.74) is 2.34. The molecule has 0 radical (unpaired) electrons. The molecular formula is C22H26O5. The van der Waals surface area contributed by atoms with Crippen molar-refractivity contribution in [1.82, 2.24) is 0 Å². The Balaban J connectivity index is 1.48. The number of hydrogen-bond donors (Lipinski definition) is 0. The van der Waals surface area contributed by atoms with Crippen LogP contribution in [0.15, 0.2) is 18.2 Å². The van der Waals surface area contributed by atoms with E-state index in [9.17, 15) is 9.59 Å². The number of fused-ring (bicyclic) bond motifs is 3. The first kappa shape index (κ1) is 17.2. The second-order valence-electron chi connectivity index (χ2n) is 8.95. The van der Waals surface area contributed by atoms with Gasteiger partial charge in [-0.1, -0.05) is 13.0 Å². The third-order valence-corrected chi connectivity index (χ3v) is 7.53. The van der Waals surface area contributed by atoms with E-state index >= 15 is 0 Å². The van der Waals surface area contributed by atoms with Crippen molar-refractivity contribution < 1.29 is 23.8 Å². The van der Waals surface area contributed by atoms with Gasteiger partial charge in [0.05, 0.1) is 6.10 Å². The van der Waals surface area contributed by atoms with E-state index in [0.29, 0.717) is 17.6 Å². The maximum atomic E-state index is 11.6. The molecule has 1 aromatic carbocycles. The van der Waals surface area contributed by atoms with E-state index in [1.54, 1.807) is 0 Å². The number of benzene rings is 1. The topological polar surface area (TPSA) is 65.1 Å². The van der Waals surface area contributed by atoms with Crippen LogP contribution in [-0.2, 0) is 31.1 Å². The normalized spacial score (nSPS) is 40.9. The molecule has 1 spiro atoms. The lowest BCUT2D eigenvalue weighted by atomic mass is 9.55. The average molecular weight is 370 g/mol. The van der Waals surface area contributed by atoms with Crippen LogP contribution >= 0.6 is 0 Å². The molecule has 3 aliphatic carbocycles. The molecule has 4 aliphatic rings. The molecule has 0 N–H and O–H groups in total. The Morgan fingerprint density at radius 3 is 2.67 bits per heavy atom. The maximum absolute atomic E-state index is 11.6. The van der Waals surface area contributed by atoms with E-state index < -0.39 is 0 Å². The van der Waals surface area contributed by atoms with Crippen LogP contribution in [0, 0.1) is 17.3 Å². The molecule has 6 atom stereocenters. The molecule has 3 fully saturated rings. The van der Waals surface area contributed by atoms with Gasteiger partial charge in [0, 0.05) is 19.3 Å². The van der Waals surface area contributed by atoms with Crippen molar-refractivity contribution in [2.45, 2.75) is 70.7 Å². The van der Waals surface area contributed by atoms with Gasteiger partial charge in [0.25, 0.3) is 0 Å². The highest BCUT2D eigenvalue weighted by Crippen LogP contribution is 2.71. The first-order valence-electron chi connectivity index (χ1n) is 10.0. The molecule has 5 rings (SSSR count). The molecule has 1 aromatic rings. The highest BCUT2D eigenvalue weighted by atomic mass is 16.6. The van der Waals surface area contributed by atoms with Gasteiger partial charge in [-0.15, -0.1) is 0 Å². The van der Waals surface area contributed by atoms with Crippen LogP contribution in [0.3, 0.4) is 0 Å². The Kier molecular flexibility index (Phi) is 3.55. The Hall–Kier alpha value is -1.88. The fourth-order valence-electron chi connectivity index (χ4n) is 6.54. The Morgan fingerprint density at radius 2 is 1.93 bits per heavy atom. The number of rotatable bonds is 2. The van der Waals surface area contributed by atoms with Crippen LogP contribution in [0.25, 0.3) is 0 Å². The van der Waals surface area contributed by atoms with E-state index in [0.717, 1.165) is 32.1 Å². The zero-order valence-electron chi connectivity index (χ0n) is 16.1. The number of carbonyl (C=O) groups is 2. The second kappa shape index (κ2) is 5.57. The summed E-state index contributed by atoms with van der Waals surface area (Å²) >= 11 is 0. The summed E-state index contributed by atoms with van der Waals surface area (Å²) in [4.78, 5) is 22.8. The predicted molar refractivity (Wildman–Crippen MR) is 97.1 cm³/mol. The van der Waals surface area contributed by atoms with Crippen molar-refractivity contribution in [3.8, 4) is 5.75 Å². The van der Waals surface area contributed by atoms with Crippen molar-refractivity contribution in [3.63, 3.8) is 0 Å². The summed E-state index contributed by atoms with van der Waals surface area (Å²) in [5, 5.41) is 0. The molecule has 27 heavy (non-hydrogen) atoms. The molecule has 144 valence electrons. The van der Waals surface area contributed by atoms with Gasteiger partial charge in [0.1, 0.15) is 17.5 Å². The van der Waals surface area contributed by atoms with Crippen molar-refractivity contribution in [2.75, 3.05) is 0 Å². The van der Waals surface area contributed by atoms with Gasteiger partial charge < -0.3 is 14.2 Å². The highest BCUT2D eigenvalue weighted by molar-refractivity contribution is 5.69. The van der Waals surface area contributed by atoms with Crippen LogP contribution in [-0.4, -0.2) is 24.1 Å². The summed E-state index contributed by atoms with van der Waals surface area (Å²) in [6.07, 6.45) is 5.24. The average Bonchev–Trinajstić information content (AvgIpc) is 3.20. The first-order chi connectivity index (χ1) is 12.8. The van der Waals surface area contributed by atoms with Crippen LogP contribution in [0.1, 0.15) is 57.6 Å². The molecule has 5 heteroatoms. The molecule has 2 saturated carbocycles. The summed E-state index contributed by atoms with van der Waals surface area (Å²) in [6, 6.07) is 5.99. The lowest BCUT2D eigenvalue weighted by Gasteiger charge is -2.47. The van der Waals surface area contributed by atoms with E-state index in [4.69, 9.17) is 14.2 Å². The molecule has 1 heterocycles. The Labute approximate surface area is 159 Å². The van der Waals surface area contributed by atoms with E-state index in [-0.39, 0.29) is 35.2 Å². The third-order valence-electron chi connectivity index (χ3n) is 7.53. The number of hydrogen-bond acceptors (Lipinski definition) is 5. The van der Waals surface area contributed by atoms with Gasteiger partial charge in [-0.3, -0.25) is 9.59 Å². The molecule has 0 bridgehead atoms. The number of esters is 2. The van der Waals surface area contributed by atoms with Crippen molar-refractivity contribution in [2.24, 2.45) is 17.3 Å². The van der Waals surface area contributed by atoms with Gasteiger partial charge in [-0.25, -0.2) is 0 Å². The highest BCUT2D eigenvalue weighted by Gasteiger charge is 2.74. The smallest absolute Gasteiger partial charge is 0.308 e. The monoisotopic (exact) mass is 370 g/mol. The zero-order chi connectivity index (χ0) is 19.0. The van der Waals surface area contributed by atoms with Crippen LogP contribution in [0.4, 0.5) is 0 Å². The van der Waals surface area contributed by atoms with Gasteiger partial charge in [0.2, 0.25) is 0 Å². The van der Waals surface area contributed by atoms with Crippen LogP contribution in [0.5, 0.6) is 5.75 Å². The lowest BCUT2D eigenvalue weighted by molar-refractivity contribution is -0.154. The summed E-state index contributed by atoms with van der Waals surface area (Å²) in [6.45, 7) is 5.23. The molecule has 4 unspecified atom stereocenters. The fraction of sp³-hybridized carbons (Fsp3) is 0.636. The molecule has 1 saturated heterocycles. The van der Waals surface area contributed by atoms with Gasteiger partial charge >= 0.3 is 11.9 Å². The first-order valence-corrected chi connectivity index (χ1v) is 10.0. The molecule has 5 nitrogen and oxygen atoms in total. The minimum Gasteiger partial charge on any atom is -0.462 e. The minimum absolute atomic E-state index is 0.00920. The Bertz CT molecular complexity index is 832. The summed E-state index contributed by atoms with van der Waals surface area (Å²) < 4.78 is 17.4. The number of ether oxygens (including phenoxy) is 3. The molecule has 0 amide bonds. The SMILES string of the molecule is CC(=O)Oc1ccc2c(c1)CCC1C3CCC(OC(C)=O)C3(C)C[C@H]3O[C@]213.